The van der Waals surface area contributed by atoms with E-state index < -0.39 is 0 Å². The highest BCUT2D eigenvalue weighted by Gasteiger charge is 2.30. The lowest BCUT2D eigenvalue weighted by atomic mass is 10.0. The van der Waals surface area contributed by atoms with Crippen LogP contribution in [0.3, 0.4) is 0 Å². The van der Waals surface area contributed by atoms with Gasteiger partial charge in [-0.2, -0.15) is 5.10 Å². The minimum absolute atomic E-state index is 0.0856. The van der Waals surface area contributed by atoms with Gasteiger partial charge in [0.2, 0.25) is 0 Å². The van der Waals surface area contributed by atoms with Crippen LogP contribution in [0.2, 0.25) is 0 Å². The van der Waals surface area contributed by atoms with Gasteiger partial charge in [0.25, 0.3) is 5.91 Å². The molecule has 0 saturated carbocycles. The molecule has 0 aliphatic carbocycles. The van der Waals surface area contributed by atoms with Gasteiger partial charge in [-0.3, -0.25) is 14.0 Å². The van der Waals surface area contributed by atoms with Crippen molar-refractivity contribution in [3.63, 3.8) is 0 Å². The Labute approximate surface area is 172 Å². The van der Waals surface area contributed by atoms with Crippen LogP contribution < -0.4 is 0 Å². The van der Waals surface area contributed by atoms with Gasteiger partial charge in [0, 0.05) is 37.0 Å². The molecule has 3 aromatic heterocycles. The van der Waals surface area contributed by atoms with Crippen molar-refractivity contribution in [2.75, 3.05) is 6.54 Å². The van der Waals surface area contributed by atoms with Gasteiger partial charge in [-0.15, -0.1) is 21.5 Å². The predicted molar refractivity (Wildman–Crippen MR) is 111 cm³/mol. The number of aryl methyl sites for hydroxylation is 2. The summed E-state index contributed by atoms with van der Waals surface area (Å²) in [5, 5.41) is 15.2. The summed E-state index contributed by atoms with van der Waals surface area (Å²) in [6.07, 6.45) is 2.47. The van der Waals surface area contributed by atoms with E-state index in [1.807, 2.05) is 69.9 Å². The summed E-state index contributed by atoms with van der Waals surface area (Å²) >= 11 is 1.50. The van der Waals surface area contributed by atoms with E-state index >= 15 is 0 Å². The van der Waals surface area contributed by atoms with Crippen molar-refractivity contribution in [2.24, 2.45) is 7.05 Å². The van der Waals surface area contributed by atoms with Crippen molar-refractivity contribution in [3.05, 3.63) is 69.8 Å². The van der Waals surface area contributed by atoms with Crippen LogP contribution in [0, 0.1) is 6.92 Å². The fraction of sp³-hybridized carbons (Fsp3) is 0.238. The summed E-state index contributed by atoms with van der Waals surface area (Å²) in [6.45, 7) is 3.20. The Morgan fingerprint density at radius 1 is 1.17 bits per heavy atom. The second-order valence-corrected chi connectivity index (χ2v) is 8.08. The molecule has 7 nitrogen and oxygen atoms in total. The van der Waals surface area contributed by atoms with Crippen molar-refractivity contribution in [1.29, 1.82) is 0 Å². The topological polar surface area (TPSA) is 68.8 Å². The Morgan fingerprint density at radius 3 is 2.76 bits per heavy atom. The Morgan fingerprint density at radius 2 is 2.00 bits per heavy atom. The Hall–Kier alpha value is -3.26. The van der Waals surface area contributed by atoms with Crippen molar-refractivity contribution >= 4 is 17.2 Å². The van der Waals surface area contributed by atoms with Crippen LogP contribution in [-0.2, 0) is 20.0 Å². The van der Waals surface area contributed by atoms with E-state index in [-0.39, 0.29) is 5.91 Å². The Balaban J connectivity index is 1.54. The molecule has 29 heavy (non-hydrogen) atoms. The average molecular weight is 404 g/mol. The number of benzene rings is 1. The largest absolute Gasteiger partial charge is 0.333 e. The summed E-state index contributed by atoms with van der Waals surface area (Å²) in [7, 11) is 1.95. The van der Waals surface area contributed by atoms with Crippen LogP contribution in [0.25, 0.3) is 17.2 Å². The quantitative estimate of drug-likeness (QED) is 0.526. The minimum atomic E-state index is 0.0856. The maximum absolute atomic E-state index is 13.1. The van der Waals surface area contributed by atoms with Crippen molar-refractivity contribution in [3.8, 4) is 17.2 Å². The molecule has 0 unspecified atom stereocenters. The van der Waals surface area contributed by atoms with Crippen molar-refractivity contribution in [1.82, 2.24) is 29.4 Å². The molecule has 146 valence electrons. The summed E-state index contributed by atoms with van der Waals surface area (Å²) < 4.78 is 3.85. The minimum Gasteiger partial charge on any atom is -0.333 e. The molecule has 8 heteroatoms. The molecule has 0 spiro atoms. The zero-order valence-corrected chi connectivity index (χ0v) is 17.1. The summed E-state index contributed by atoms with van der Waals surface area (Å²) in [5.74, 6) is 0.775. The maximum Gasteiger partial charge on any atom is 0.264 e. The standard InChI is InChI=1S/C21H20N6OS/c1-14-9-11-29-19(14)21(28)26-10-8-17-16(12-26)18(24-25(17)2)20-23-22-13-27(20)15-6-4-3-5-7-15/h3-7,9,11,13H,8,10,12H2,1-2H3. The van der Waals surface area contributed by atoms with Crippen molar-refractivity contribution < 1.29 is 4.79 Å². The first-order chi connectivity index (χ1) is 14.1. The molecule has 0 fully saturated rings. The third kappa shape index (κ3) is 2.96. The van der Waals surface area contributed by atoms with Crippen LogP contribution in [0.5, 0.6) is 0 Å². The first-order valence-corrected chi connectivity index (χ1v) is 10.4. The van der Waals surface area contributed by atoms with Gasteiger partial charge in [0.05, 0.1) is 11.4 Å². The molecule has 1 aliphatic rings. The Kier molecular flexibility index (Phi) is 4.28. The van der Waals surface area contributed by atoms with Crippen LogP contribution in [-0.4, -0.2) is 41.9 Å². The molecule has 0 radical (unpaired) electrons. The van der Waals surface area contributed by atoms with Crippen molar-refractivity contribution in [2.45, 2.75) is 19.9 Å². The third-order valence-corrected chi connectivity index (χ3v) is 6.38. The van der Waals surface area contributed by atoms with Gasteiger partial charge < -0.3 is 4.90 Å². The van der Waals surface area contributed by atoms with Gasteiger partial charge in [-0.25, -0.2) is 0 Å². The van der Waals surface area contributed by atoms with Gasteiger partial charge in [0.1, 0.15) is 12.0 Å². The van der Waals surface area contributed by atoms with E-state index in [9.17, 15) is 4.79 Å². The zero-order valence-electron chi connectivity index (χ0n) is 16.2. The number of aromatic nitrogens is 5. The SMILES string of the molecule is Cc1ccsc1C(=O)N1CCc2c(c(-c3nncn3-c3ccccc3)nn2C)C1. The molecule has 0 N–H and O–H groups in total. The lowest BCUT2D eigenvalue weighted by Crippen LogP contribution is -2.36. The van der Waals surface area contributed by atoms with Gasteiger partial charge >= 0.3 is 0 Å². The number of amides is 1. The molecule has 5 rings (SSSR count). The molecule has 1 aliphatic heterocycles. The lowest BCUT2D eigenvalue weighted by molar-refractivity contribution is 0.0738. The Bertz CT molecular complexity index is 1190. The fourth-order valence-electron chi connectivity index (χ4n) is 3.85. The molecule has 0 bridgehead atoms. The maximum atomic E-state index is 13.1. The van der Waals surface area contributed by atoms with Crippen LogP contribution >= 0.6 is 11.3 Å². The monoisotopic (exact) mass is 404 g/mol. The lowest BCUT2D eigenvalue weighted by Gasteiger charge is -2.27. The second kappa shape index (κ2) is 6.97. The number of hydrogen-bond donors (Lipinski definition) is 0. The predicted octanol–water partition coefficient (Wildman–Crippen LogP) is 3.24. The van der Waals surface area contributed by atoms with E-state index in [2.05, 4.69) is 10.2 Å². The number of rotatable bonds is 3. The number of nitrogens with zero attached hydrogens (tertiary/aromatic N) is 6. The molecule has 0 atom stereocenters. The summed E-state index contributed by atoms with van der Waals surface area (Å²) in [5.41, 5.74) is 4.98. The average Bonchev–Trinajstić information content (AvgIpc) is 3.47. The van der Waals surface area contributed by atoms with E-state index in [1.54, 1.807) is 6.33 Å². The number of para-hydroxylation sites is 1. The smallest absolute Gasteiger partial charge is 0.264 e. The number of hydrogen-bond acceptors (Lipinski definition) is 5. The number of thiophene rings is 1. The highest BCUT2D eigenvalue weighted by atomic mass is 32.1. The number of carbonyl (C=O) groups excluding carboxylic acids is 1. The molecule has 1 amide bonds. The first-order valence-electron chi connectivity index (χ1n) is 9.47. The van der Waals surface area contributed by atoms with Gasteiger partial charge in [-0.1, -0.05) is 18.2 Å². The molecule has 4 heterocycles. The zero-order chi connectivity index (χ0) is 20.0. The number of carbonyl (C=O) groups is 1. The van der Waals surface area contributed by atoms with Crippen LogP contribution in [0.1, 0.15) is 26.5 Å². The molecule has 0 saturated heterocycles. The first kappa shape index (κ1) is 17.8. The second-order valence-electron chi connectivity index (χ2n) is 7.17. The highest BCUT2D eigenvalue weighted by molar-refractivity contribution is 7.12. The molecular formula is C21H20N6OS. The van der Waals surface area contributed by atoms with E-state index in [4.69, 9.17) is 5.10 Å². The fourth-order valence-corrected chi connectivity index (χ4v) is 4.75. The van der Waals surface area contributed by atoms with Crippen LogP contribution in [0.15, 0.2) is 48.1 Å². The van der Waals surface area contributed by atoms with E-state index in [1.165, 1.54) is 11.3 Å². The van der Waals surface area contributed by atoms with E-state index in [0.717, 1.165) is 39.5 Å². The van der Waals surface area contributed by atoms with E-state index in [0.29, 0.717) is 18.9 Å². The summed E-state index contributed by atoms with van der Waals surface area (Å²) in [4.78, 5) is 15.8. The molecular weight excluding hydrogens is 384 g/mol. The highest BCUT2D eigenvalue weighted by Crippen LogP contribution is 2.31. The number of fused-ring (bicyclic) bond motifs is 1. The molecule has 4 aromatic rings. The normalized spacial score (nSPS) is 13.5. The van der Waals surface area contributed by atoms with Crippen LogP contribution in [0.4, 0.5) is 0 Å². The summed E-state index contributed by atoms with van der Waals surface area (Å²) in [6, 6.07) is 12.0. The van der Waals surface area contributed by atoms with Gasteiger partial charge in [0.15, 0.2) is 5.82 Å². The molecule has 1 aromatic carbocycles. The van der Waals surface area contributed by atoms with Gasteiger partial charge in [-0.05, 0) is 36.1 Å². The third-order valence-electron chi connectivity index (χ3n) is 5.38.